The number of aryl methyl sites for hydroxylation is 2. The normalized spacial score (nSPS) is 10.6. The number of carbonyl (C=O) groups excluding carboxylic acids is 1. The molecule has 132 valence electrons. The Kier molecular flexibility index (Phi) is 4.77. The summed E-state index contributed by atoms with van der Waals surface area (Å²) in [5, 5.41) is 3.18. The van der Waals surface area contributed by atoms with Crippen LogP contribution in [0.3, 0.4) is 0 Å². The molecule has 0 saturated heterocycles. The van der Waals surface area contributed by atoms with Crippen LogP contribution in [0.15, 0.2) is 58.3 Å². The number of aromatic nitrogens is 2. The number of anilines is 1. The maximum atomic E-state index is 12.7. The second-order valence-electron chi connectivity index (χ2n) is 5.90. The molecule has 0 aliphatic carbocycles. The quantitative estimate of drug-likeness (QED) is 0.744. The summed E-state index contributed by atoms with van der Waals surface area (Å²) in [5.41, 5.74) is 1.35. The van der Waals surface area contributed by atoms with Crippen LogP contribution < -0.4 is 16.6 Å². The van der Waals surface area contributed by atoms with Crippen molar-refractivity contribution in [1.82, 2.24) is 9.55 Å². The molecule has 0 aliphatic heterocycles. The molecule has 0 atom stereocenters. The lowest BCUT2D eigenvalue weighted by Gasteiger charge is -2.10. The maximum absolute atomic E-state index is 12.7. The van der Waals surface area contributed by atoms with E-state index < -0.39 is 17.2 Å². The van der Waals surface area contributed by atoms with Gasteiger partial charge < -0.3 is 10.3 Å². The number of hydrogen-bond donors (Lipinski definition) is 2. The van der Waals surface area contributed by atoms with E-state index >= 15 is 0 Å². The number of carbonyl (C=O) groups is 1. The van der Waals surface area contributed by atoms with E-state index in [1.807, 2.05) is 26.0 Å². The zero-order valence-electron chi connectivity index (χ0n) is 14.2. The third-order valence-corrected chi connectivity index (χ3v) is 4.19. The van der Waals surface area contributed by atoms with Crippen LogP contribution >= 0.6 is 11.6 Å². The highest BCUT2D eigenvalue weighted by Gasteiger charge is 2.16. The number of amides is 1. The van der Waals surface area contributed by atoms with E-state index in [-0.39, 0.29) is 5.56 Å². The first-order chi connectivity index (χ1) is 12.4. The van der Waals surface area contributed by atoms with Crippen LogP contribution in [0, 0.1) is 13.8 Å². The molecule has 6 nitrogen and oxygen atoms in total. The Morgan fingerprint density at radius 1 is 1.08 bits per heavy atom. The van der Waals surface area contributed by atoms with Crippen LogP contribution in [-0.4, -0.2) is 15.5 Å². The third kappa shape index (κ3) is 3.45. The van der Waals surface area contributed by atoms with Crippen molar-refractivity contribution in [2.75, 3.05) is 5.32 Å². The first kappa shape index (κ1) is 17.7. The number of nitrogens with zero attached hydrogens (tertiary/aromatic N) is 1. The molecule has 0 aliphatic rings. The first-order valence-corrected chi connectivity index (χ1v) is 8.24. The molecule has 3 rings (SSSR count). The molecule has 0 unspecified atom stereocenters. The van der Waals surface area contributed by atoms with Gasteiger partial charge >= 0.3 is 5.69 Å². The molecular weight excluding hydrogens is 354 g/mol. The lowest BCUT2D eigenvalue weighted by molar-refractivity contribution is 0.102. The predicted octanol–water partition coefficient (Wildman–Crippen LogP) is 3.05. The highest BCUT2D eigenvalue weighted by Crippen LogP contribution is 2.16. The van der Waals surface area contributed by atoms with E-state index in [9.17, 15) is 14.4 Å². The van der Waals surface area contributed by atoms with Gasteiger partial charge in [0.15, 0.2) is 0 Å². The van der Waals surface area contributed by atoms with E-state index in [0.29, 0.717) is 16.4 Å². The van der Waals surface area contributed by atoms with Gasteiger partial charge in [0.2, 0.25) is 0 Å². The lowest BCUT2D eigenvalue weighted by Crippen LogP contribution is -2.38. The minimum Gasteiger partial charge on any atom is -0.322 e. The van der Waals surface area contributed by atoms with Crippen molar-refractivity contribution in [3.05, 3.63) is 91.2 Å². The minimum atomic E-state index is -0.710. The second-order valence-corrected chi connectivity index (χ2v) is 6.33. The molecule has 2 N–H and O–H groups in total. The molecule has 3 aromatic rings. The first-order valence-electron chi connectivity index (χ1n) is 7.86. The van der Waals surface area contributed by atoms with Gasteiger partial charge in [-0.1, -0.05) is 29.3 Å². The summed E-state index contributed by atoms with van der Waals surface area (Å²) in [6.45, 7) is 3.81. The van der Waals surface area contributed by atoms with Crippen molar-refractivity contribution in [2.24, 2.45) is 0 Å². The molecule has 2 aromatic carbocycles. The van der Waals surface area contributed by atoms with Crippen LogP contribution in [0.1, 0.15) is 21.5 Å². The van der Waals surface area contributed by atoms with Gasteiger partial charge in [0, 0.05) is 16.9 Å². The van der Waals surface area contributed by atoms with Crippen LogP contribution in [0.4, 0.5) is 5.69 Å². The number of aromatic amines is 1. The molecule has 0 saturated carbocycles. The maximum Gasteiger partial charge on any atom is 0.333 e. The van der Waals surface area contributed by atoms with Crippen molar-refractivity contribution in [2.45, 2.75) is 13.8 Å². The Labute approximate surface area is 154 Å². The average Bonchev–Trinajstić information content (AvgIpc) is 2.59. The molecule has 1 heterocycles. The van der Waals surface area contributed by atoms with E-state index in [4.69, 9.17) is 11.6 Å². The summed E-state index contributed by atoms with van der Waals surface area (Å²) in [5.74, 6) is -0.596. The van der Waals surface area contributed by atoms with Gasteiger partial charge in [-0.2, -0.15) is 0 Å². The summed E-state index contributed by atoms with van der Waals surface area (Å²) in [6.07, 6.45) is 1.12. The number of H-pyrrole nitrogens is 1. The number of benzene rings is 2. The number of hydrogen-bond acceptors (Lipinski definition) is 3. The van der Waals surface area contributed by atoms with Crippen molar-refractivity contribution < 1.29 is 4.79 Å². The van der Waals surface area contributed by atoms with Gasteiger partial charge in [0.1, 0.15) is 5.56 Å². The SMILES string of the molecule is Cc1ccc(NC(=O)c2c[nH]c(=O)n(-c3ccc(Cl)cc3)c2=O)c(C)c1. The molecule has 0 spiro atoms. The average molecular weight is 370 g/mol. The molecule has 0 fully saturated rings. The summed E-state index contributed by atoms with van der Waals surface area (Å²) >= 11 is 5.84. The van der Waals surface area contributed by atoms with Gasteiger partial charge in [-0.05, 0) is 49.7 Å². The van der Waals surface area contributed by atoms with Crippen molar-refractivity contribution in [3.8, 4) is 5.69 Å². The number of halogens is 1. The Hall–Kier alpha value is -3.12. The monoisotopic (exact) mass is 369 g/mol. The van der Waals surface area contributed by atoms with Crippen LogP contribution in [0.2, 0.25) is 5.02 Å². The molecule has 1 amide bonds. The van der Waals surface area contributed by atoms with E-state index in [1.165, 1.54) is 12.1 Å². The van der Waals surface area contributed by atoms with Crippen LogP contribution in [0.25, 0.3) is 5.69 Å². The number of nitrogens with one attached hydrogen (secondary N) is 2. The highest BCUT2D eigenvalue weighted by atomic mass is 35.5. The van der Waals surface area contributed by atoms with E-state index in [0.717, 1.165) is 21.9 Å². The van der Waals surface area contributed by atoms with Crippen LogP contribution in [0.5, 0.6) is 0 Å². The Balaban J connectivity index is 2.02. The standard InChI is InChI=1S/C19H16ClN3O3/c1-11-3-8-16(12(2)9-11)22-17(24)15-10-21-19(26)23(18(15)25)14-6-4-13(20)5-7-14/h3-10H,1-2H3,(H,21,26)(H,22,24). The molecule has 0 radical (unpaired) electrons. The van der Waals surface area contributed by atoms with E-state index in [2.05, 4.69) is 10.3 Å². The smallest absolute Gasteiger partial charge is 0.322 e. The zero-order valence-corrected chi connectivity index (χ0v) is 14.9. The molecular formula is C19H16ClN3O3. The largest absolute Gasteiger partial charge is 0.333 e. The second kappa shape index (κ2) is 7.01. The van der Waals surface area contributed by atoms with Gasteiger partial charge in [0.25, 0.3) is 11.5 Å². The number of rotatable bonds is 3. The van der Waals surface area contributed by atoms with Crippen molar-refractivity contribution in [3.63, 3.8) is 0 Å². The lowest BCUT2D eigenvalue weighted by atomic mass is 10.1. The van der Waals surface area contributed by atoms with Crippen molar-refractivity contribution >= 4 is 23.2 Å². The Bertz CT molecular complexity index is 1100. The topological polar surface area (TPSA) is 84.0 Å². The van der Waals surface area contributed by atoms with Gasteiger partial charge in [-0.15, -0.1) is 0 Å². The summed E-state index contributed by atoms with van der Waals surface area (Å²) < 4.78 is 0.896. The van der Waals surface area contributed by atoms with Crippen LogP contribution in [-0.2, 0) is 0 Å². The fourth-order valence-corrected chi connectivity index (χ4v) is 2.73. The highest BCUT2D eigenvalue weighted by molar-refractivity contribution is 6.30. The molecule has 0 bridgehead atoms. The summed E-state index contributed by atoms with van der Waals surface area (Å²) in [4.78, 5) is 39.8. The molecule has 26 heavy (non-hydrogen) atoms. The van der Waals surface area contributed by atoms with Crippen molar-refractivity contribution in [1.29, 1.82) is 0 Å². The summed E-state index contributed by atoms with van der Waals surface area (Å²) in [6, 6.07) is 11.7. The molecule has 1 aromatic heterocycles. The Morgan fingerprint density at radius 3 is 2.42 bits per heavy atom. The molecule has 7 heteroatoms. The van der Waals surface area contributed by atoms with Gasteiger partial charge in [-0.25, -0.2) is 9.36 Å². The van der Waals surface area contributed by atoms with E-state index in [1.54, 1.807) is 18.2 Å². The van der Waals surface area contributed by atoms with Gasteiger partial charge in [-0.3, -0.25) is 9.59 Å². The minimum absolute atomic E-state index is 0.167. The third-order valence-electron chi connectivity index (χ3n) is 3.94. The van der Waals surface area contributed by atoms with Gasteiger partial charge in [0.05, 0.1) is 5.69 Å². The fourth-order valence-electron chi connectivity index (χ4n) is 2.60. The zero-order chi connectivity index (χ0) is 18.8. The summed E-state index contributed by atoms with van der Waals surface area (Å²) in [7, 11) is 0. The predicted molar refractivity (Wildman–Crippen MR) is 102 cm³/mol. The Morgan fingerprint density at radius 2 is 1.77 bits per heavy atom. The fraction of sp³-hybridized carbons (Fsp3) is 0.105.